The van der Waals surface area contributed by atoms with Crippen LogP contribution < -0.4 is 10.2 Å². The van der Waals surface area contributed by atoms with E-state index in [4.69, 9.17) is 0 Å². The van der Waals surface area contributed by atoms with Crippen LogP contribution in [0.4, 0.5) is 5.69 Å². The maximum Gasteiger partial charge on any atom is 0.230 e. The lowest BCUT2D eigenvalue weighted by atomic mass is 9.77. The quantitative estimate of drug-likeness (QED) is 0.629. The van der Waals surface area contributed by atoms with E-state index in [2.05, 4.69) is 22.5 Å². The normalized spacial score (nSPS) is 19.8. The number of aromatic nitrogens is 2. The molecule has 33 heavy (non-hydrogen) atoms. The zero-order valence-electron chi connectivity index (χ0n) is 18.8. The summed E-state index contributed by atoms with van der Waals surface area (Å²) in [6.45, 7) is 1.84. The molecule has 0 radical (unpaired) electrons. The molecule has 170 valence electrons. The van der Waals surface area contributed by atoms with Gasteiger partial charge in [0, 0.05) is 37.1 Å². The SMILES string of the molecule is O=C(NCc1ccccc1Cn1cccn1)[C@@H]1CCCC[C@@H]1C(=O)N1CCc2ccccc21. The smallest absolute Gasteiger partial charge is 0.230 e. The minimum atomic E-state index is -0.266. The Morgan fingerprint density at radius 3 is 2.52 bits per heavy atom. The molecule has 2 amide bonds. The van der Waals surface area contributed by atoms with Crippen LogP contribution in [0.25, 0.3) is 0 Å². The van der Waals surface area contributed by atoms with Gasteiger partial charge in [0.1, 0.15) is 0 Å². The number of amides is 2. The third kappa shape index (κ3) is 4.56. The topological polar surface area (TPSA) is 67.2 Å². The Hall–Kier alpha value is -3.41. The number of carbonyl (C=O) groups is 2. The van der Waals surface area contributed by atoms with Crippen LogP contribution in [0.3, 0.4) is 0 Å². The molecule has 0 unspecified atom stereocenters. The van der Waals surface area contributed by atoms with E-state index in [1.807, 2.05) is 58.2 Å². The highest BCUT2D eigenvalue weighted by Crippen LogP contribution is 2.36. The second kappa shape index (κ2) is 9.61. The predicted molar refractivity (Wildman–Crippen MR) is 128 cm³/mol. The molecular weight excluding hydrogens is 412 g/mol. The van der Waals surface area contributed by atoms with Crippen molar-refractivity contribution in [2.75, 3.05) is 11.4 Å². The van der Waals surface area contributed by atoms with Crippen LogP contribution in [0.15, 0.2) is 67.0 Å². The van der Waals surface area contributed by atoms with Crippen LogP contribution in [-0.2, 0) is 29.1 Å². The molecule has 2 atom stereocenters. The summed E-state index contributed by atoms with van der Waals surface area (Å²) in [6.07, 6.45) is 8.14. The molecule has 2 heterocycles. The Bertz CT molecular complexity index is 1120. The van der Waals surface area contributed by atoms with Gasteiger partial charge < -0.3 is 10.2 Å². The average molecular weight is 443 g/mol. The number of carbonyl (C=O) groups excluding carboxylic acids is 2. The van der Waals surface area contributed by atoms with Crippen molar-refractivity contribution in [1.29, 1.82) is 0 Å². The first-order valence-electron chi connectivity index (χ1n) is 11.9. The molecule has 6 nitrogen and oxygen atoms in total. The fourth-order valence-electron chi connectivity index (χ4n) is 5.27. The van der Waals surface area contributed by atoms with Crippen LogP contribution >= 0.6 is 0 Å². The number of benzene rings is 2. The van der Waals surface area contributed by atoms with Crippen molar-refractivity contribution < 1.29 is 9.59 Å². The van der Waals surface area contributed by atoms with E-state index >= 15 is 0 Å². The van der Waals surface area contributed by atoms with Crippen molar-refractivity contribution in [3.63, 3.8) is 0 Å². The van der Waals surface area contributed by atoms with Crippen molar-refractivity contribution >= 4 is 17.5 Å². The first-order chi connectivity index (χ1) is 16.2. The van der Waals surface area contributed by atoms with E-state index in [1.54, 1.807) is 6.20 Å². The number of fused-ring (bicyclic) bond motifs is 1. The average Bonchev–Trinajstić information content (AvgIpc) is 3.53. The van der Waals surface area contributed by atoms with Crippen molar-refractivity contribution in [3.8, 4) is 0 Å². The van der Waals surface area contributed by atoms with Crippen LogP contribution in [0.2, 0.25) is 0 Å². The van der Waals surface area contributed by atoms with Gasteiger partial charge >= 0.3 is 0 Å². The van der Waals surface area contributed by atoms with E-state index in [0.29, 0.717) is 19.6 Å². The summed E-state index contributed by atoms with van der Waals surface area (Å²) in [5.41, 5.74) is 4.44. The predicted octanol–water partition coefficient (Wildman–Crippen LogP) is 3.94. The number of para-hydroxylation sites is 1. The fourth-order valence-corrected chi connectivity index (χ4v) is 5.27. The molecule has 1 aliphatic carbocycles. The largest absolute Gasteiger partial charge is 0.352 e. The molecule has 2 aromatic carbocycles. The molecule has 1 aromatic heterocycles. The van der Waals surface area contributed by atoms with Gasteiger partial charge in [0.05, 0.1) is 12.5 Å². The van der Waals surface area contributed by atoms with Crippen LogP contribution in [0.5, 0.6) is 0 Å². The van der Waals surface area contributed by atoms with Gasteiger partial charge in [0.25, 0.3) is 0 Å². The van der Waals surface area contributed by atoms with E-state index in [0.717, 1.165) is 48.9 Å². The summed E-state index contributed by atoms with van der Waals surface area (Å²) in [6, 6.07) is 18.1. The third-order valence-corrected chi connectivity index (χ3v) is 7.04. The fraction of sp³-hybridized carbons (Fsp3) is 0.370. The number of hydrogen-bond acceptors (Lipinski definition) is 3. The summed E-state index contributed by atoms with van der Waals surface area (Å²) >= 11 is 0. The van der Waals surface area contributed by atoms with Gasteiger partial charge in [0.2, 0.25) is 11.8 Å². The molecule has 0 saturated heterocycles. The van der Waals surface area contributed by atoms with Gasteiger partial charge in [-0.05, 0) is 48.1 Å². The Labute approximate surface area is 194 Å². The van der Waals surface area contributed by atoms with Crippen molar-refractivity contribution in [3.05, 3.63) is 83.7 Å². The standard InChI is InChI=1S/C27H30N4O2/c32-26(28-18-21-9-1-2-10-22(21)19-30-16-7-15-29-30)23-11-4-5-12-24(23)27(33)31-17-14-20-8-3-6-13-25(20)31/h1-3,6-10,13,15-16,23-24H,4-5,11-12,14,17-19H2,(H,28,32)/t23-,24+/m1/s1. The van der Waals surface area contributed by atoms with Gasteiger partial charge in [-0.3, -0.25) is 14.3 Å². The van der Waals surface area contributed by atoms with E-state index < -0.39 is 0 Å². The third-order valence-electron chi connectivity index (χ3n) is 7.04. The summed E-state index contributed by atoms with van der Waals surface area (Å²) in [7, 11) is 0. The lowest BCUT2D eigenvalue weighted by Crippen LogP contribution is -2.45. The second-order valence-electron chi connectivity index (χ2n) is 9.06. The summed E-state index contributed by atoms with van der Waals surface area (Å²) in [5.74, 6) is -0.408. The van der Waals surface area contributed by atoms with Crippen LogP contribution in [-0.4, -0.2) is 28.1 Å². The highest BCUT2D eigenvalue weighted by Gasteiger charge is 2.39. The maximum atomic E-state index is 13.5. The summed E-state index contributed by atoms with van der Waals surface area (Å²) in [4.78, 5) is 28.7. The second-order valence-corrected chi connectivity index (χ2v) is 9.06. The molecule has 0 bridgehead atoms. The summed E-state index contributed by atoms with van der Waals surface area (Å²) < 4.78 is 1.88. The number of rotatable bonds is 6. The first kappa shape index (κ1) is 21.4. The van der Waals surface area contributed by atoms with E-state index in [1.165, 1.54) is 5.56 Å². The Morgan fingerprint density at radius 2 is 1.70 bits per heavy atom. The highest BCUT2D eigenvalue weighted by molar-refractivity contribution is 5.99. The van der Waals surface area contributed by atoms with Crippen molar-refractivity contribution in [2.24, 2.45) is 11.8 Å². The molecule has 1 aliphatic heterocycles. The molecule has 6 heteroatoms. The molecule has 3 aromatic rings. The minimum Gasteiger partial charge on any atom is -0.352 e. The molecule has 0 spiro atoms. The Balaban J connectivity index is 1.27. The molecular formula is C27H30N4O2. The maximum absolute atomic E-state index is 13.5. The zero-order valence-corrected chi connectivity index (χ0v) is 18.8. The number of anilines is 1. The monoisotopic (exact) mass is 442 g/mol. The highest BCUT2D eigenvalue weighted by atomic mass is 16.2. The Kier molecular flexibility index (Phi) is 6.24. The number of nitrogens with zero attached hydrogens (tertiary/aromatic N) is 3. The van der Waals surface area contributed by atoms with Crippen LogP contribution in [0, 0.1) is 11.8 Å². The van der Waals surface area contributed by atoms with E-state index in [9.17, 15) is 9.59 Å². The number of hydrogen-bond donors (Lipinski definition) is 1. The van der Waals surface area contributed by atoms with Gasteiger partial charge in [-0.15, -0.1) is 0 Å². The summed E-state index contributed by atoms with van der Waals surface area (Å²) in [5, 5.41) is 7.44. The minimum absolute atomic E-state index is 0.00516. The lowest BCUT2D eigenvalue weighted by Gasteiger charge is -2.32. The lowest BCUT2D eigenvalue weighted by molar-refractivity contribution is -0.135. The van der Waals surface area contributed by atoms with Crippen molar-refractivity contribution in [1.82, 2.24) is 15.1 Å². The van der Waals surface area contributed by atoms with Gasteiger partial charge in [-0.2, -0.15) is 5.10 Å². The molecule has 1 fully saturated rings. The van der Waals surface area contributed by atoms with Gasteiger partial charge in [-0.1, -0.05) is 55.3 Å². The van der Waals surface area contributed by atoms with Gasteiger partial charge in [0.15, 0.2) is 0 Å². The van der Waals surface area contributed by atoms with Crippen molar-refractivity contribution in [2.45, 2.75) is 45.2 Å². The molecule has 5 rings (SSSR count). The van der Waals surface area contributed by atoms with E-state index in [-0.39, 0.29) is 23.7 Å². The molecule has 1 saturated carbocycles. The van der Waals surface area contributed by atoms with Crippen LogP contribution in [0.1, 0.15) is 42.4 Å². The Morgan fingerprint density at radius 1 is 0.939 bits per heavy atom. The zero-order chi connectivity index (χ0) is 22.6. The first-order valence-corrected chi connectivity index (χ1v) is 11.9. The molecule has 2 aliphatic rings. The number of nitrogens with one attached hydrogen (secondary N) is 1. The molecule has 1 N–H and O–H groups in total. The van der Waals surface area contributed by atoms with Gasteiger partial charge in [-0.25, -0.2) is 0 Å².